The summed E-state index contributed by atoms with van der Waals surface area (Å²) in [6, 6.07) is 22.3. The van der Waals surface area contributed by atoms with Crippen LogP contribution in [0.5, 0.6) is 11.5 Å². The number of carbonyl (C=O) groups is 2. The number of nitrogens with zero attached hydrogens (tertiary/aromatic N) is 1. The van der Waals surface area contributed by atoms with Gasteiger partial charge in [0.05, 0.1) is 7.11 Å². The molecule has 0 spiro atoms. The summed E-state index contributed by atoms with van der Waals surface area (Å²) in [6.45, 7) is 7.87. The van der Waals surface area contributed by atoms with Crippen LogP contribution in [-0.4, -0.2) is 42.5 Å². The molecule has 0 aliphatic heterocycles. The molecular formula is C30H36N2O4. The van der Waals surface area contributed by atoms with Gasteiger partial charge in [-0.15, -0.1) is 0 Å². The van der Waals surface area contributed by atoms with Crippen LogP contribution in [0.3, 0.4) is 0 Å². The SMILES string of the molecule is COc1cccc(CN(C(=O)COc2cccc(C)c2C)[C@@H](Cc2ccccc2)C(=O)NC(C)C)c1. The van der Waals surface area contributed by atoms with Gasteiger partial charge in [0.15, 0.2) is 6.61 Å². The minimum Gasteiger partial charge on any atom is -0.497 e. The molecule has 0 unspecified atom stereocenters. The topological polar surface area (TPSA) is 67.9 Å². The number of aryl methyl sites for hydroxylation is 1. The Balaban J connectivity index is 1.94. The van der Waals surface area contributed by atoms with Gasteiger partial charge in [0.1, 0.15) is 17.5 Å². The maximum absolute atomic E-state index is 13.7. The molecule has 6 nitrogen and oxygen atoms in total. The fraction of sp³-hybridized carbons (Fsp3) is 0.333. The lowest BCUT2D eigenvalue weighted by molar-refractivity contribution is -0.143. The molecule has 0 saturated carbocycles. The maximum Gasteiger partial charge on any atom is 0.261 e. The largest absolute Gasteiger partial charge is 0.497 e. The van der Waals surface area contributed by atoms with Crippen molar-refractivity contribution in [2.45, 2.75) is 52.7 Å². The van der Waals surface area contributed by atoms with E-state index in [4.69, 9.17) is 9.47 Å². The minimum atomic E-state index is -0.712. The van der Waals surface area contributed by atoms with Gasteiger partial charge in [0.2, 0.25) is 5.91 Å². The lowest BCUT2D eigenvalue weighted by Crippen LogP contribution is -2.52. The van der Waals surface area contributed by atoms with Crippen molar-refractivity contribution < 1.29 is 19.1 Å². The number of hydrogen-bond donors (Lipinski definition) is 1. The Morgan fingerprint density at radius 2 is 1.61 bits per heavy atom. The molecule has 1 N–H and O–H groups in total. The van der Waals surface area contributed by atoms with Crippen molar-refractivity contribution >= 4 is 11.8 Å². The zero-order valence-corrected chi connectivity index (χ0v) is 21.8. The van der Waals surface area contributed by atoms with Crippen LogP contribution in [0.25, 0.3) is 0 Å². The fourth-order valence-corrected chi connectivity index (χ4v) is 4.01. The van der Waals surface area contributed by atoms with Crippen LogP contribution in [0.1, 0.15) is 36.1 Å². The van der Waals surface area contributed by atoms with Crippen LogP contribution in [-0.2, 0) is 22.6 Å². The summed E-state index contributed by atoms with van der Waals surface area (Å²) in [5.74, 6) is 0.893. The van der Waals surface area contributed by atoms with E-state index in [9.17, 15) is 9.59 Å². The molecule has 6 heteroatoms. The van der Waals surface area contributed by atoms with Crippen molar-refractivity contribution in [2.75, 3.05) is 13.7 Å². The van der Waals surface area contributed by atoms with Crippen LogP contribution in [0.15, 0.2) is 72.8 Å². The van der Waals surface area contributed by atoms with Crippen molar-refractivity contribution in [2.24, 2.45) is 0 Å². The van der Waals surface area contributed by atoms with E-state index in [1.54, 1.807) is 12.0 Å². The summed E-state index contributed by atoms with van der Waals surface area (Å²) < 4.78 is 11.3. The lowest BCUT2D eigenvalue weighted by Gasteiger charge is -2.32. The highest BCUT2D eigenvalue weighted by molar-refractivity contribution is 5.88. The van der Waals surface area contributed by atoms with Crippen molar-refractivity contribution in [1.82, 2.24) is 10.2 Å². The number of methoxy groups -OCH3 is 1. The average molecular weight is 489 g/mol. The normalized spacial score (nSPS) is 11.6. The Morgan fingerprint density at radius 1 is 0.917 bits per heavy atom. The smallest absolute Gasteiger partial charge is 0.261 e. The van der Waals surface area contributed by atoms with E-state index in [-0.39, 0.29) is 31.0 Å². The molecule has 2 amide bonds. The molecule has 0 heterocycles. The van der Waals surface area contributed by atoms with E-state index in [1.165, 1.54) is 0 Å². The Bertz CT molecular complexity index is 1160. The van der Waals surface area contributed by atoms with E-state index in [0.717, 1.165) is 22.3 Å². The molecule has 0 bridgehead atoms. The standard InChI is InChI=1S/C30H36N2O4/c1-21(2)31-30(34)27(18-24-12-7-6-8-13-24)32(19-25-14-10-15-26(17-25)35-5)29(33)20-36-28-16-9-11-22(3)23(28)4/h6-17,21,27H,18-20H2,1-5H3,(H,31,34)/t27-/m0/s1. The zero-order valence-electron chi connectivity index (χ0n) is 21.8. The predicted octanol–water partition coefficient (Wildman–Crippen LogP) is 4.86. The number of hydrogen-bond acceptors (Lipinski definition) is 4. The van der Waals surface area contributed by atoms with Gasteiger partial charge in [-0.2, -0.15) is 0 Å². The highest BCUT2D eigenvalue weighted by Crippen LogP contribution is 2.22. The highest BCUT2D eigenvalue weighted by atomic mass is 16.5. The highest BCUT2D eigenvalue weighted by Gasteiger charge is 2.31. The van der Waals surface area contributed by atoms with Crippen molar-refractivity contribution in [3.8, 4) is 11.5 Å². The van der Waals surface area contributed by atoms with Crippen LogP contribution in [0, 0.1) is 13.8 Å². The van der Waals surface area contributed by atoms with Gasteiger partial charge < -0.3 is 19.7 Å². The molecule has 0 radical (unpaired) electrons. The first-order valence-corrected chi connectivity index (χ1v) is 12.2. The van der Waals surface area contributed by atoms with Crippen LogP contribution >= 0.6 is 0 Å². The molecule has 3 aromatic carbocycles. The Kier molecular flexibility index (Phi) is 9.51. The number of nitrogens with one attached hydrogen (secondary N) is 1. The number of rotatable bonds is 11. The maximum atomic E-state index is 13.7. The van der Waals surface area contributed by atoms with Crippen molar-refractivity contribution in [3.05, 3.63) is 95.1 Å². The van der Waals surface area contributed by atoms with Gasteiger partial charge in [0.25, 0.3) is 5.91 Å². The molecule has 36 heavy (non-hydrogen) atoms. The van der Waals surface area contributed by atoms with Gasteiger partial charge in [-0.1, -0.05) is 54.6 Å². The van der Waals surface area contributed by atoms with E-state index in [0.29, 0.717) is 17.9 Å². The summed E-state index contributed by atoms with van der Waals surface area (Å²) in [7, 11) is 1.61. The first-order chi connectivity index (χ1) is 17.3. The summed E-state index contributed by atoms with van der Waals surface area (Å²) >= 11 is 0. The second-order valence-corrected chi connectivity index (χ2v) is 9.23. The number of amides is 2. The zero-order chi connectivity index (χ0) is 26.1. The second kappa shape index (κ2) is 12.8. The van der Waals surface area contributed by atoms with Crippen LogP contribution in [0.4, 0.5) is 0 Å². The molecule has 3 rings (SSSR count). The van der Waals surface area contributed by atoms with E-state index in [2.05, 4.69) is 5.32 Å². The molecule has 0 aliphatic carbocycles. The van der Waals surface area contributed by atoms with E-state index in [1.807, 2.05) is 100 Å². The summed E-state index contributed by atoms with van der Waals surface area (Å²) in [6.07, 6.45) is 0.387. The third kappa shape index (κ3) is 7.35. The second-order valence-electron chi connectivity index (χ2n) is 9.23. The molecular weight excluding hydrogens is 452 g/mol. The summed E-state index contributed by atoms with van der Waals surface area (Å²) in [4.78, 5) is 28.7. The molecule has 0 aromatic heterocycles. The van der Waals surface area contributed by atoms with Crippen LogP contribution in [0.2, 0.25) is 0 Å². The molecule has 1 atom stereocenters. The predicted molar refractivity (Wildman–Crippen MR) is 142 cm³/mol. The fourth-order valence-electron chi connectivity index (χ4n) is 4.01. The summed E-state index contributed by atoms with van der Waals surface area (Å²) in [5.41, 5.74) is 3.92. The average Bonchev–Trinajstić information content (AvgIpc) is 2.87. The van der Waals surface area contributed by atoms with Gasteiger partial charge in [-0.25, -0.2) is 0 Å². The molecule has 0 saturated heterocycles. The first kappa shape index (κ1) is 26.8. The van der Waals surface area contributed by atoms with Gasteiger partial charge in [-0.05, 0) is 68.1 Å². The quantitative estimate of drug-likeness (QED) is 0.419. The monoisotopic (exact) mass is 488 g/mol. The molecule has 0 aliphatic rings. The third-order valence-electron chi connectivity index (χ3n) is 6.10. The minimum absolute atomic E-state index is 0.0595. The Morgan fingerprint density at radius 3 is 2.31 bits per heavy atom. The summed E-state index contributed by atoms with van der Waals surface area (Å²) in [5, 5.41) is 3.00. The van der Waals surface area contributed by atoms with E-state index < -0.39 is 6.04 Å². The molecule has 0 fully saturated rings. The number of ether oxygens (including phenoxy) is 2. The van der Waals surface area contributed by atoms with Crippen LogP contribution < -0.4 is 14.8 Å². The third-order valence-corrected chi connectivity index (χ3v) is 6.10. The van der Waals surface area contributed by atoms with Crippen molar-refractivity contribution in [3.63, 3.8) is 0 Å². The van der Waals surface area contributed by atoms with Crippen molar-refractivity contribution in [1.29, 1.82) is 0 Å². The molecule has 190 valence electrons. The Labute approximate surface area is 214 Å². The Hall–Kier alpha value is -3.80. The first-order valence-electron chi connectivity index (χ1n) is 12.2. The number of benzene rings is 3. The lowest BCUT2D eigenvalue weighted by atomic mass is 10.0. The van der Waals surface area contributed by atoms with Gasteiger partial charge in [0, 0.05) is 19.0 Å². The molecule has 3 aromatic rings. The number of carbonyl (C=O) groups excluding carboxylic acids is 2. The van der Waals surface area contributed by atoms with Gasteiger partial charge >= 0.3 is 0 Å². The van der Waals surface area contributed by atoms with E-state index >= 15 is 0 Å². The van der Waals surface area contributed by atoms with Gasteiger partial charge in [-0.3, -0.25) is 9.59 Å².